The van der Waals surface area contributed by atoms with E-state index in [2.05, 4.69) is 15.4 Å². The minimum Gasteiger partial charge on any atom is -0.352 e. The van der Waals surface area contributed by atoms with Crippen LogP contribution in [0, 0.1) is 13.8 Å². The average Bonchev–Trinajstić information content (AvgIpc) is 3.09. The van der Waals surface area contributed by atoms with E-state index in [0.29, 0.717) is 12.1 Å². The van der Waals surface area contributed by atoms with E-state index >= 15 is 0 Å². The van der Waals surface area contributed by atoms with E-state index in [-0.39, 0.29) is 36.1 Å². The number of hydrogen-bond donors (Lipinski definition) is 1. The molecule has 1 aliphatic heterocycles. The largest absolute Gasteiger partial charge is 0.352 e. The number of imide groups is 1. The summed E-state index contributed by atoms with van der Waals surface area (Å²) < 4.78 is 29.6. The smallest absolute Gasteiger partial charge is 0.240 e. The number of amides is 2. The van der Waals surface area contributed by atoms with E-state index in [0.717, 1.165) is 21.9 Å². The number of aryl methyl sites for hydroxylation is 1. The maximum absolute atomic E-state index is 12.5. The number of rotatable bonds is 6. The highest BCUT2D eigenvalue weighted by atomic mass is 32.2. The van der Waals surface area contributed by atoms with Gasteiger partial charge in [-0.1, -0.05) is 0 Å². The van der Waals surface area contributed by atoms with E-state index in [1.165, 1.54) is 24.3 Å². The van der Waals surface area contributed by atoms with E-state index in [1.807, 2.05) is 20.9 Å². The van der Waals surface area contributed by atoms with Crippen LogP contribution < -0.4 is 9.62 Å². The van der Waals surface area contributed by atoms with Crippen molar-refractivity contribution >= 4 is 27.5 Å². The van der Waals surface area contributed by atoms with Gasteiger partial charge in [0.05, 0.1) is 10.6 Å². The molecule has 1 N–H and O–H groups in total. The van der Waals surface area contributed by atoms with Crippen LogP contribution in [0.4, 0.5) is 5.69 Å². The van der Waals surface area contributed by atoms with Crippen LogP contribution in [0.1, 0.15) is 29.8 Å². The van der Waals surface area contributed by atoms with Crippen molar-refractivity contribution < 1.29 is 18.0 Å². The van der Waals surface area contributed by atoms with Crippen molar-refractivity contribution in [1.82, 2.24) is 9.29 Å². The van der Waals surface area contributed by atoms with Gasteiger partial charge in [-0.05, 0) is 56.2 Å². The molecule has 0 radical (unpaired) electrons. The van der Waals surface area contributed by atoms with E-state index in [1.54, 1.807) is 0 Å². The highest BCUT2D eigenvalue weighted by Gasteiger charge is 2.30. The molecule has 1 fully saturated rings. The second kappa shape index (κ2) is 7.28. The van der Waals surface area contributed by atoms with Crippen LogP contribution in [0.15, 0.2) is 35.2 Å². The monoisotopic (exact) mass is 389 g/mol. The molecule has 0 atom stereocenters. The van der Waals surface area contributed by atoms with Gasteiger partial charge in [0, 0.05) is 37.8 Å². The lowest BCUT2D eigenvalue weighted by molar-refractivity contribution is -0.121. The molecule has 8 heteroatoms. The van der Waals surface area contributed by atoms with Crippen molar-refractivity contribution in [3.05, 3.63) is 47.3 Å². The predicted octanol–water partition coefficient (Wildman–Crippen LogP) is 1.82. The van der Waals surface area contributed by atoms with E-state index in [4.69, 9.17) is 0 Å². The van der Waals surface area contributed by atoms with Crippen molar-refractivity contribution in [2.45, 2.75) is 38.0 Å². The van der Waals surface area contributed by atoms with Gasteiger partial charge in [-0.2, -0.15) is 0 Å². The Balaban J connectivity index is 1.67. The van der Waals surface area contributed by atoms with Gasteiger partial charge in [-0.25, -0.2) is 13.1 Å². The Morgan fingerprint density at radius 1 is 1.04 bits per heavy atom. The second-order valence-electron chi connectivity index (χ2n) is 6.72. The fourth-order valence-electron chi connectivity index (χ4n) is 3.23. The fourth-order valence-corrected chi connectivity index (χ4v) is 4.26. The Labute approximate surface area is 159 Å². The molecule has 2 heterocycles. The van der Waals surface area contributed by atoms with Gasteiger partial charge in [0.1, 0.15) is 0 Å². The molecular weight excluding hydrogens is 366 g/mol. The van der Waals surface area contributed by atoms with Crippen molar-refractivity contribution in [3.63, 3.8) is 0 Å². The molecular formula is C19H23N3O4S. The van der Waals surface area contributed by atoms with Crippen LogP contribution >= 0.6 is 0 Å². The standard InChI is InChI=1S/C19H23N3O4S/c1-13-12-15(14(2)21(13)3)10-11-20-27(25,26)17-6-4-16(5-7-17)22-18(23)8-9-19(22)24/h4-7,12,20H,8-11H2,1-3H3. The van der Waals surface area contributed by atoms with Gasteiger partial charge < -0.3 is 4.57 Å². The highest BCUT2D eigenvalue weighted by molar-refractivity contribution is 7.89. The lowest BCUT2D eigenvalue weighted by Crippen LogP contribution is -2.29. The molecule has 2 amide bonds. The molecule has 0 unspecified atom stereocenters. The second-order valence-corrected chi connectivity index (χ2v) is 8.49. The summed E-state index contributed by atoms with van der Waals surface area (Å²) in [5.41, 5.74) is 3.76. The zero-order valence-electron chi connectivity index (χ0n) is 15.7. The first kappa shape index (κ1) is 19.3. The first-order valence-electron chi connectivity index (χ1n) is 8.78. The number of anilines is 1. The molecule has 0 aliphatic carbocycles. The topological polar surface area (TPSA) is 88.5 Å². The number of carbonyl (C=O) groups excluding carboxylic acids is 2. The normalized spacial score (nSPS) is 15.0. The molecule has 2 aromatic rings. The maximum atomic E-state index is 12.5. The Morgan fingerprint density at radius 3 is 2.15 bits per heavy atom. The zero-order chi connectivity index (χ0) is 19.8. The number of nitrogens with zero attached hydrogens (tertiary/aromatic N) is 2. The molecule has 144 valence electrons. The number of sulfonamides is 1. The van der Waals surface area contributed by atoms with Gasteiger partial charge in [0.15, 0.2) is 0 Å². The first-order chi connectivity index (χ1) is 12.7. The summed E-state index contributed by atoms with van der Waals surface area (Å²) in [6, 6.07) is 7.85. The van der Waals surface area contributed by atoms with Crippen molar-refractivity contribution in [2.75, 3.05) is 11.4 Å². The lowest BCUT2D eigenvalue weighted by atomic mass is 10.2. The van der Waals surface area contributed by atoms with Crippen LogP contribution in [0.3, 0.4) is 0 Å². The number of nitrogens with one attached hydrogen (secondary N) is 1. The predicted molar refractivity (Wildman–Crippen MR) is 102 cm³/mol. The molecule has 3 rings (SSSR count). The minimum absolute atomic E-state index is 0.103. The first-order valence-corrected chi connectivity index (χ1v) is 10.3. The lowest BCUT2D eigenvalue weighted by Gasteiger charge is -2.14. The van der Waals surface area contributed by atoms with Gasteiger partial charge in [0.25, 0.3) is 0 Å². The SMILES string of the molecule is Cc1cc(CCNS(=O)(=O)c2ccc(N3C(=O)CCC3=O)cc2)c(C)n1C. The molecule has 1 aliphatic rings. The van der Waals surface area contributed by atoms with Crippen LogP contribution in [0.5, 0.6) is 0 Å². The summed E-state index contributed by atoms with van der Waals surface area (Å²) >= 11 is 0. The molecule has 27 heavy (non-hydrogen) atoms. The maximum Gasteiger partial charge on any atom is 0.240 e. The molecule has 1 saturated heterocycles. The van der Waals surface area contributed by atoms with Gasteiger partial charge >= 0.3 is 0 Å². The third kappa shape index (κ3) is 3.81. The number of aromatic nitrogens is 1. The quantitative estimate of drug-likeness (QED) is 0.763. The molecule has 7 nitrogen and oxygen atoms in total. The molecule has 0 saturated carbocycles. The Morgan fingerprint density at radius 2 is 1.63 bits per heavy atom. The van der Waals surface area contributed by atoms with E-state index in [9.17, 15) is 18.0 Å². The summed E-state index contributed by atoms with van der Waals surface area (Å²) in [5, 5.41) is 0. The van der Waals surface area contributed by atoms with Crippen LogP contribution in [-0.4, -0.2) is 31.3 Å². The summed E-state index contributed by atoms with van der Waals surface area (Å²) in [4.78, 5) is 24.7. The summed E-state index contributed by atoms with van der Waals surface area (Å²) in [6.45, 7) is 4.31. The highest BCUT2D eigenvalue weighted by Crippen LogP contribution is 2.24. The molecule has 1 aromatic carbocycles. The number of benzene rings is 1. The van der Waals surface area contributed by atoms with Gasteiger partial charge in [0.2, 0.25) is 21.8 Å². The van der Waals surface area contributed by atoms with Crippen molar-refractivity contribution in [1.29, 1.82) is 0 Å². The van der Waals surface area contributed by atoms with Crippen molar-refractivity contribution in [2.24, 2.45) is 7.05 Å². The Kier molecular flexibility index (Phi) is 5.21. The Hall–Kier alpha value is -2.45. The number of carbonyl (C=O) groups is 2. The summed E-state index contributed by atoms with van der Waals surface area (Å²) in [6.07, 6.45) is 0.985. The van der Waals surface area contributed by atoms with Gasteiger partial charge in [-0.3, -0.25) is 14.5 Å². The molecule has 0 spiro atoms. The summed E-state index contributed by atoms with van der Waals surface area (Å²) in [5.74, 6) is -0.524. The van der Waals surface area contributed by atoms with Gasteiger partial charge in [-0.15, -0.1) is 0 Å². The Bertz CT molecular complexity index is 975. The molecule has 1 aromatic heterocycles. The van der Waals surface area contributed by atoms with Crippen LogP contribution in [0.2, 0.25) is 0 Å². The summed E-state index contributed by atoms with van der Waals surface area (Å²) in [7, 11) is -1.68. The van der Waals surface area contributed by atoms with Crippen molar-refractivity contribution in [3.8, 4) is 0 Å². The third-order valence-electron chi connectivity index (χ3n) is 5.02. The molecule has 0 bridgehead atoms. The van der Waals surface area contributed by atoms with E-state index < -0.39 is 10.0 Å². The average molecular weight is 389 g/mol. The zero-order valence-corrected chi connectivity index (χ0v) is 16.5. The third-order valence-corrected chi connectivity index (χ3v) is 6.50. The van der Waals surface area contributed by atoms with Crippen LogP contribution in [-0.2, 0) is 33.1 Å². The fraction of sp³-hybridized carbons (Fsp3) is 0.368. The van der Waals surface area contributed by atoms with Crippen LogP contribution in [0.25, 0.3) is 0 Å². The minimum atomic E-state index is -3.66. The number of hydrogen-bond acceptors (Lipinski definition) is 4.